The van der Waals surface area contributed by atoms with E-state index in [1.807, 2.05) is 0 Å². The van der Waals surface area contributed by atoms with E-state index >= 15 is 0 Å². The molecule has 35 heavy (non-hydrogen) atoms. The minimum Gasteiger partial charge on any atom is -0.496 e. The molecule has 0 heterocycles. The van der Waals surface area contributed by atoms with Gasteiger partial charge in [-0.2, -0.15) is 13.2 Å². The Kier molecular flexibility index (Phi) is 7.45. The Hall–Kier alpha value is -3.13. The molecule has 0 aliphatic heterocycles. The van der Waals surface area contributed by atoms with Crippen LogP contribution in [0.3, 0.4) is 0 Å². The molecule has 0 aliphatic rings. The Morgan fingerprint density at radius 3 is 1.86 bits per heavy atom. The second-order valence-electron chi connectivity index (χ2n) is 9.15. The summed E-state index contributed by atoms with van der Waals surface area (Å²) in [5, 5.41) is 10.9. The molecule has 0 fully saturated rings. The summed E-state index contributed by atoms with van der Waals surface area (Å²) in [5.74, 6) is -0.454. The second-order valence-corrected chi connectivity index (χ2v) is 9.15. The fourth-order valence-electron chi connectivity index (χ4n) is 4.34. The van der Waals surface area contributed by atoms with Crippen LogP contribution >= 0.6 is 0 Å². The summed E-state index contributed by atoms with van der Waals surface area (Å²) in [6.07, 6.45) is -6.42. The Bertz CT molecular complexity index is 1170. The van der Waals surface area contributed by atoms with Gasteiger partial charge in [0.2, 0.25) is 0 Å². The first-order valence-electron chi connectivity index (χ1n) is 10.9. The van der Waals surface area contributed by atoms with Crippen LogP contribution in [-0.4, -0.2) is 31.1 Å². The molecule has 188 valence electrons. The lowest BCUT2D eigenvalue weighted by molar-refractivity contribution is -0.266. The van der Waals surface area contributed by atoms with Gasteiger partial charge < -0.3 is 14.6 Å². The molecule has 3 aromatic carbocycles. The van der Waals surface area contributed by atoms with Crippen LogP contribution in [-0.2, 0) is 11.8 Å². The van der Waals surface area contributed by atoms with Gasteiger partial charge in [-0.1, -0.05) is 38.1 Å². The highest BCUT2D eigenvalue weighted by molar-refractivity contribution is 5.70. The third kappa shape index (κ3) is 5.75. The van der Waals surface area contributed by atoms with Crippen molar-refractivity contribution in [2.24, 2.45) is 0 Å². The number of hydrogen-bond acceptors (Lipinski definition) is 3. The van der Waals surface area contributed by atoms with Gasteiger partial charge in [0.25, 0.3) is 0 Å². The van der Waals surface area contributed by atoms with E-state index in [1.54, 1.807) is 12.1 Å². The lowest BCUT2D eigenvalue weighted by atomic mass is 9.72. The van der Waals surface area contributed by atoms with Crippen LogP contribution in [0.15, 0.2) is 60.7 Å². The summed E-state index contributed by atoms with van der Waals surface area (Å²) in [6.45, 7) is 3.00. The molecule has 0 spiro atoms. The number of methoxy groups -OCH3 is 2. The Morgan fingerprint density at radius 2 is 1.31 bits per heavy atom. The largest absolute Gasteiger partial charge is 0.496 e. The topological polar surface area (TPSA) is 38.7 Å². The van der Waals surface area contributed by atoms with E-state index in [1.165, 1.54) is 64.5 Å². The zero-order valence-corrected chi connectivity index (χ0v) is 19.8. The molecule has 0 bridgehead atoms. The SMILES string of the molecule is COc1ccc(F)cc1-c1ccc(CC(O)(CC(C)(C)c2cc(F)ccc2OC)C(F)(F)F)cc1. The average molecular weight is 495 g/mol. The fraction of sp³-hybridized carbons (Fsp3) is 0.333. The monoisotopic (exact) mass is 494 g/mol. The number of ether oxygens (including phenoxy) is 2. The van der Waals surface area contributed by atoms with E-state index < -0.39 is 41.7 Å². The van der Waals surface area contributed by atoms with Crippen molar-refractivity contribution in [3.8, 4) is 22.6 Å². The van der Waals surface area contributed by atoms with Crippen molar-refractivity contribution in [1.29, 1.82) is 0 Å². The van der Waals surface area contributed by atoms with Gasteiger partial charge in [0.1, 0.15) is 23.1 Å². The molecular weight excluding hydrogens is 467 g/mol. The molecule has 8 heteroatoms. The van der Waals surface area contributed by atoms with Crippen molar-refractivity contribution >= 4 is 0 Å². The molecule has 3 aromatic rings. The van der Waals surface area contributed by atoms with E-state index in [4.69, 9.17) is 9.47 Å². The maximum Gasteiger partial charge on any atom is 0.417 e. The first kappa shape index (κ1) is 26.5. The van der Waals surface area contributed by atoms with Crippen LogP contribution in [0.4, 0.5) is 22.0 Å². The van der Waals surface area contributed by atoms with E-state index in [2.05, 4.69) is 0 Å². The van der Waals surface area contributed by atoms with Crippen LogP contribution in [0.1, 0.15) is 31.4 Å². The average Bonchev–Trinajstić information content (AvgIpc) is 2.78. The van der Waals surface area contributed by atoms with Crippen molar-refractivity contribution in [2.75, 3.05) is 14.2 Å². The van der Waals surface area contributed by atoms with Crippen LogP contribution in [0.5, 0.6) is 11.5 Å². The molecule has 0 saturated heterocycles. The fourth-order valence-corrected chi connectivity index (χ4v) is 4.34. The lowest BCUT2D eigenvalue weighted by Crippen LogP contribution is -2.50. The van der Waals surface area contributed by atoms with Gasteiger partial charge in [0, 0.05) is 17.5 Å². The highest BCUT2D eigenvalue weighted by Crippen LogP contribution is 2.45. The molecule has 1 atom stereocenters. The number of rotatable bonds is 8. The Morgan fingerprint density at radius 1 is 0.771 bits per heavy atom. The van der Waals surface area contributed by atoms with Crippen molar-refractivity contribution < 1.29 is 36.5 Å². The van der Waals surface area contributed by atoms with Crippen molar-refractivity contribution in [1.82, 2.24) is 0 Å². The molecular formula is C27H27F5O3. The standard InChI is InChI=1S/C27H27F5O3/c1-25(2,22-14-20(29)10-12-24(22)35-4)16-26(33,27(30,31)32)15-17-5-7-18(8-6-17)21-13-19(28)9-11-23(21)34-3/h5-14,33H,15-16H2,1-4H3. The van der Waals surface area contributed by atoms with Gasteiger partial charge in [-0.05, 0) is 59.4 Å². The van der Waals surface area contributed by atoms with Crippen LogP contribution < -0.4 is 9.47 Å². The zero-order valence-electron chi connectivity index (χ0n) is 19.8. The number of aliphatic hydroxyl groups is 1. The highest BCUT2D eigenvalue weighted by Gasteiger charge is 2.56. The predicted octanol–water partition coefficient (Wildman–Crippen LogP) is 6.85. The first-order valence-corrected chi connectivity index (χ1v) is 10.9. The van der Waals surface area contributed by atoms with Gasteiger partial charge in [-0.15, -0.1) is 0 Å². The molecule has 0 amide bonds. The summed E-state index contributed by atoms with van der Waals surface area (Å²) in [4.78, 5) is 0. The Labute approximate surface area is 201 Å². The normalized spacial score (nSPS) is 13.9. The van der Waals surface area contributed by atoms with Gasteiger partial charge in [0.05, 0.1) is 14.2 Å². The molecule has 0 aromatic heterocycles. The Balaban J connectivity index is 1.94. The number of benzene rings is 3. The molecule has 3 rings (SSSR count). The lowest BCUT2D eigenvalue weighted by Gasteiger charge is -2.38. The van der Waals surface area contributed by atoms with Gasteiger partial charge in [-0.3, -0.25) is 0 Å². The second kappa shape index (κ2) is 9.85. The smallest absolute Gasteiger partial charge is 0.417 e. The van der Waals surface area contributed by atoms with Crippen molar-refractivity contribution in [3.05, 3.63) is 83.4 Å². The van der Waals surface area contributed by atoms with Crippen molar-refractivity contribution in [2.45, 2.75) is 43.9 Å². The number of halogens is 5. The molecule has 3 nitrogen and oxygen atoms in total. The predicted molar refractivity (Wildman–Crippen MR) is 124 cm³/mol. The minimum absolute atomic E-state index is 0.219. The third-order valence-corrected chi connectivity index (χ3v) is 6.08. The van der Waals surface area contributed by atoms with E-state index in [0.717, 1.165) is 12.1 Å². The third-order valence-electron chi connectivity index (χ3n) is 6.08. The zero-order chi connectivity index (χ0) is 26.0. The summed E-state index contributed by atoms with van der Waals surface area (Å²) >= 11 is 0. The molecule has 0 aliphatic carbocycles. The van der Waals surface area contributed by atoms with Crippen molar-refractivity contribution in [3.63, 3.8) is 0 Å². The summed E-state index contributed by atoms with van der Waals surface area (Å²) < 4.78 is 80.6. The van der Waals surface area contributed by atoms with Crippen LogP contribution in [0, 0.1) is 11.6 Å². The van der Waals surface area contributed by atoms with Crippen LogP contribution in [0.2, 0.25) is 0 Å². The van der Waals surface area contributed by atoms with Crippen LogP contribution in [0.25, 0.3) is 11.1 Å². The summed E-state index contributed by atoms with van der Waals surface area (Å²) in [6, 6.07) is 13.6. The molecule has 1 unspecified atom stereocenters. The number of hydrogen-bond donors (Lipinski definition) is 1. The molecule has 1 N–H and O–H groups in total. The first-order chi connectivity index (χ1) is 16.3. The molecule has 0 saturated carbocycles. The van der Waals surface area contributed by atoms with E-state index in [9.17, 15) is 27.1 Å². The number of alkyl halides is 3. The highest BCUT2D eigenvalue weighted by atomic mass is 19.4. The maximum atomic E-state index is 14.2. The van der Waals surface area contributed by atoms with E-state index in [-0.39, 0.29) is 16.9 Å². The molecule has 0 radical (unpaired) electrons. The van der Waals surface area contributed by atoms with Gasteiger partial charge in [0.15, 0.2) is 5.60 Å². The minimum atomic E-state index is -4.96. The van der Waals surface area contributed by atoms with Gasteiger partial charge >= 0.3 is 6.18 Å². The quantitative estimate of drug-likeness (QED) is 0.348. The summed E-state index contributed by atoms with van der Waals surface area (Å²) in [5.41, 5.74) is -2.95. The van der Waals surface area contributed by atoms with Gasteiger partial charge in [-0.25, -0.2) is 8.78 Å². The maximum absolute atomic E-state index is 14.2. The summed E-state index contributed by atoms with van der Waals surface area (Å²) in [7, 11) is 2.78. The van der Waals surface area contributed by atoms with E-state index in [0.29, 0.717) is 16.9 Å².